The minimum atomic E-state index is 0.564. The van der Waals surface area contributed by atoms with Crippen molar-refractivity contribution < 1.29 is 4.74 Å². The van der Waals surface area contributed by atoms with E-state index in [0.717, 1.165) is 23.7 Å². The predicted octanol–water partition coefficient (Wildman–Crippen LogP) is 1.73. The number of hydrogen-bond donors (Lipinski definition) is 1. The Morgan fingerprint density at radius 3 is 2.65 bits per heavy atom. The fraction of sp³-hybridized carbons (Fsp3) is 0.308. The third kappa shape index (κ3) is 3.07. The van der Waals surface area contributed by atoms with Gasteiger partial charge in [0.2, 0.25) is 0 Å². The zero-order valence-electron chi connectivity index (χ0n) is 9.97. The van der Waals surface area contributed by atoms with Crippen LogP contribution in [0.25, 0.3) is 0 Å². The van der Waals surface area contributed by atoms with Crippen LogP contribution in [0.1, 0.15) is 11.4 Å². The van der Waals surface area contributed by atoms with E-state index in [1.807, 2.05) is 37.4 Å². The van der Waals surface area contributed by atoms with Crippen molar-refractivity contribution in [1.29, 1.82) is 0 Å². The fourth-order valence-corrected chi connectivity index (χ4v) is 1.62. The lowest BCUT2D eigenvalue weighted by atomic mass is 10.2. The first-order valence-corrected chi connectivity index (χ1v) is 5.69. The molecule has 2 N–H and O–H groups in total. The Hall–Kier alpha value is -1.81. The van der Waals surface area contributed by atoms with E-state index in [9.17, 15) is 0 Å². The highest BCUT2D eigenvalue weighted by atomic mass is 16.5. The summed E-state index contributed by atoms with van der Waals surface area (Å²) in [4.78, 5) is 4.16. The largest absolute Gasteiger partial charge is 0.492 e. The first kappa shape index (κ1) is 11.7. The first-order valence-electron chi connectivity index (χ1n) is 5.69. The average Bonchev–Trinajstić information content (AvgIpc) is 2.76. The molecule has 2 rings (SSSR count). The van der Waals surface area contributed by atoms with Crippen LogP contribution in [0.5, 0.6) is 5.75 Å². The molecule has 0 aliphatic carbocycles. The molecule has 0 saturated carbocycles. The molecule has 4 heteroatoms. The number of rotatable bonds is 5. The van der Waals surface area contributed by atoms with Crippen LogP contribution in [0, 0.1) is 6.92 Å². The van der Waals surface area contributed by atoms with E-state index in [-0.39, 0.29) is 0 Å². The van der Waals surface area contributed by atoms with Crippen molar-refractivity contribution in [2.45, 2.75) is 20.0 Å². The molecular weight excluding hydrogens is 214 g/mol. The van der Waals surface area contributed by atoms with Crippen LogP contribution >= 0.6 is 0 Å². The van der Waals surface area contributed by atoms with Crippen molar-refractivity contribution >= 4 is 0 Å². The summed E-state index contributed by atoms with van der Waals surface area (Å²) >= 11 is 0. The molecule has 1 heterocycles. The molecule has 1 aromatic heterocycles. The Bertz CT molecular complexity index is 462. The van der Waals surface area contributed by atoms with Gasteiger partial charge in [-0.1, -0.05) is 12.1 Å². The number of ether oxygens (including phenoxy) is 1. The number of nitrogens with two attached hydrogens (primary N) is 1. The Kier molecular flexibility index (Phi) is 3.77. The number of imidazole rings is 1. The van der Waals surface area contributed by atoms with Gasteiger partial charge in [0.05, 0.1) is 6.54 Å². The van der Waals surface area contributed by atoms with Gasteiger partial charge in [0.15, 0.2) is 0 Å². The Morgan fingerprint density at radius 2 is 2.06 bits per heavy atom. The summed E-state index contributed by atoms with van der Waals surface area (Å²) in [5.41, 5.74) is 6.64. The molecule has 90 valence electrons. The first-order chi connectivity index (χ1) is 8.29. The summed E-state index contributed by atoms with van der Waals surface area (Å²) in [6, 6.07) is 7.86. The second-order valence-electron chi connectivity index (χ2n) is 3.86. The van der Waals surface area contributed by atoms with Crippen LogP contribution in [-0.2, 0) is 13.1 Å². The number of aromatic nitrogens is 2. The molecule has 0 aliphatic heterocycles. The van der Waals surface area contributed by atoms with Crippen molar-refractivity contribution in [3.8, 4) is 5.75 Å². The molecule has 0 saturated heterocycles. The van der Waals surface area contributed by atoms with Gasteiger partial charge >= 0.3 is 0 Å². The van der Waals surface area contributed by atoms with Crippen LogP contribution in [0.15, 0.2) is 36.7 Å². The van der Waals surface area contributed by atoms with Crippen molar-refractivity contribution in [1.82, 2.24) is 9.55 Å². The van der Waals surface area contributed by atoms with E-state index in [1.54, 1.807) is 6.20 Å². The number of nitrogens with zero attached hydrogens (tertiary/aromatic N) is 2. The smallest absolute Gasteiger partial charge is 0.119 e. The lowest BCUT2D eigenvalue weighted by Crippen LogP contribution is -2.08. The molecule has 17 heavy (non-hydrogen) atoms. The van der Waals surface area contributed by atoms with Gasteiger partial charge in [-0.3, -0.25) is 0 Å². The molecular formula is C13H17N3O. The van der Waals surface area contributed by atoms with E-state index >= 15 is 0 Å². The Labute approximate surface area is 101 Å². The van der Waals surface area contributed by atoms with Crippen molar-refractivity contribution in [3.05, 3.63) is 48.0 Å². The summed E-state index contributed by atoms with van der Waals surface area (Å²) in [5.74, 6) is 1.88. The van der Waals surface area contributed by atoms with Crippen molar-refractivity contribution in [2.75, 3.05) is 6.61 Å². The van der Waals surface area contributed by atoms with Gasteiger partial charge in [-0.05, 0) is 24.6 Å². The fourth-order valence-electron chi connectivity index (χ4n) is 1.62. The number of hydrogen-bond acceptors (Lipinski definition) is 3. The lowest BCUT2D eigenvalue weighted by molar-refractivity contribution is 0.297. The van der Waals surface area contributed by atoms with Crippen molar-refractivity contribution in [2.24, 2.45) is 5.73 Å². The molecule has 0 atom stereocenters. The van der Waals surface area contributed by atoms with E-state index in [0.29, 0.717) is 13.2 Å². The average molecular weight is 231 g/mol. The molecule has 0 bridgehead atoms. The molecule has 0 aliphatic rings. The van der Waals surface area contributed by atoms with E-state index in [4.69, 9.17) is 10.5 Å². The minimum absolute atomic E-state index is 0.564. The van der Waals surface area contributed by atoms with E-state index in [1.165, 1.54) is 0 Å². The third-order valence-electron chi connectivity index (χ3n) is 2.68. The second-order valence-corrected chi connectivity index (χ2v) is 3.86. The molecule has 0 amide bonds. The zero-order valence-corrected chi connectivity index (χ0v) is 9.97. The quantitative estimate of drug-likeness (QED) is 0.852. The van der Waals surface area contributed by atoms with Crippen molar-refractivity contribution in [3.63, 3.8) is 0 Å². The molecule has 0 unspecified atom stereocenters. The highest BCUT2D eigenvalue weighted by Crippen LogP contribution is 2.11. The maximum absolute atomic E-state index is 5.64. The van der Waals surface area contributed by atoms with Crippen LogP contribution in [0.2, 0.25) is 0 Å². The summed E-state index contributed by atoms with van der Waals surface area (Å²) in [6.07, 6.45) is 3.75. The second kappa shape index (κ2) is 5.50. The summed E-state index contributed by atoms with van der Waals surface area (Å²) in [7, 11) is 0. The summed E-state index contributed by atoms with van der Waals surface area (Å²) < 4.78 is 7.71. The molecule has 0 fully saturated rings. The van der Waals surface area contributed by atoms with Crippen LogP contribution < -0.4 is 10.5 Å². The van der Waals surface area contributed by atoms with E-state index < -0.39 is 0 Å². The zero-order chi connectivity index (χ0) is 12.1. The predicted molar refractivity (Wildman–Crippen MR) is 66.8 cm³/mol. The SMILES string of the molecule is Cc1nccn1CCOc1ccc(CN)cc1. The van der Waals surface area contributed by atoms with E-state index in [2.05, 4.69) is 9.55 Å². The lowest BCUT2D eigenvalue weighted by Gasteiger charge is -2.08. The Morgan fingerprint density at radius 1 is 1.29 bits per heavy atom. The molecule has 1 aromatic carbocycles. The normalized spacial score (nSPS) is 10.5. The highest BCUT2D eigenvalue weighted by molar-refractivity contribution is 5.27. The molecule has 4 nitrogen and oxygen atoms in total. The van der Waals surface area contributed by atoms with Gasteiger partial charge in [0.1, 0.15) is 18.2 Å². The number of aryl methyl sites for hydroxylation is 1. The Balaban J connectivity index is 1.83. The van der Waals surface area contributed by atoms with Gasteiger partial charge in [-0.25, -0.2) is 4.98 Å². The summed E-state index contributed by atoms with van der Waals surface area (Å²) in [5, 5.41) is 0. The van der Waals surface area contributed by atoms with Gasteiger partial charge in [-0.2, -0.15) is 0 Å². The van der Waals surface area contributed by atoms with Crippen LogP contribution in [0.3, 0.4) is 0 Å². The maximum Gasteiger partial charge on any atom is 0.119 e. The number of benzene rings is 1. The minimum Gasteiger partial charge on any atom is -0.492 e. The van der Waals surface area contributed by atoms with Gasteiger partial charge in [0.25, 0.3) is 0 Å². The van der Waals surface area contributed by atoms with Gasteiger partial charge < -0.3 is 15.0 Å². The topological polar surface area (TPSA) is 53.1 Å². The molecule has 0 spiro atoms. The molecule has 0 radical (unpaired) electrons. The van der Waals surface area contributed by atoms with Crippen LogP contribution in [0.4, 0.5) is 0 Å². The monoisotopic (exact) mass is 231 g/mol. The maximum atomic E-state index is 5.64. The third-order valence-corrected chi connectivity index (χ3v) is 2.68. The highest BCUT2D eigenvalue weighted by Gasteiger charge is 1.98. The van der Waals surface area contributed by atoms with Gasteiger partial charge in [0, 0.05) is 18.9 Å². The van der Waals surface area contributed by atoms with Gasteiger partial charge in [-0.15, -0.1) is 0 Å². The summed E-state index contributed by atoms with van der Waals surface area (Å²) in [6.45, 7) is 3.99. The molecule has 2 aromatic rings. The van der Waals surface area contributed by atoms with Crippen LogP contribution in [-0.4, -0.2) is 16.2 Å². The standard InChI is InChI=1S/C13H17N3O/c1-11-15-6-7-16(11)8-9-17-13-4-2-12(10-14)3-5-13/h2-7H,8-10,14H2,1H3.